The molecule has 0 aliphatic carbocycles. The van der Waals surface area contributed by atoms with Crippen molar-refractivity contribution in [3.63, 3.8) is 0 Å². The molecule has 0 bridgehead atoms. The van der Waals surface area contributed by atoms with Gasteiger partial charge in [-0.15, -0.1) is 0 Å². The third kappa shape index (κ3) is 5.15. The highest BCUT2D eigenvalue weighted by atomic mass is 35.5. The molecule has 1 fully saturated rings. The van der Waals surface area contributed by atoms with Gasteiger partial charge in [-0.1, -0.05) is 29.3 Å². The molecule has 1 aliphatic rings. The molecule has 2 aromatic carbocycles. The summed E-state index contributed by atoms with van der Waals surface area (Å²) in [7, 11) is -3.65. The Kier molecular flexibility index (Phi) is 6.79. The van der Waals surface area contributed by atoms with Crippen LogP contribution in [0.25, 0.3) is 0 Å². The Hall–Kier alpha value is -1.84. The Morgan fingerprint density at radius 3 is 2.64 bits per heavy atom. The lowest BCUT2D eigenvalue weighted by Gasteiger charge is -2.26. The molecule has 0 atom stereocenters. The van der Waals surface area contributed by atoms with E-state index in [4.69, 9.17) is 32.7 Å². The van der Waals surface area contributed by atoms with Gasteiger partial charge in [-0.05, 0) is 30.3 Å². The third-order valence-corrected chi connectivity index (χ3v) is 6.42. The highest BCUT2D eigenvalue weighted by molar-refractivity contribution is 7.89. The number of hydrogen-bond donors (Lipinski definition) is 1. The smallest absolute Gasteiger partial charge is 0.262 e. The second-order valence-electron chi connectivity index (χ2n) is 5.96. The van der Waals surface area contributed by atoms with Crippen LogP contribution in [-0.2, 0) is 19.6 Å². The molecule has 150 valence electrons. The van der Waals surface area contributed by atoms with Crippen LogP contribution in [-0.4, -0.2) is 51.5 Å². The number of anilines is 1. The van der Waals surface area contributed by atoms with E-state index >= 15 is 0 Å². The van der Waals surface area contributed by atoms with E-state index in [1.54, 1.807) is 24.3 Å². The summed E-state index contributed by atoms with van der Waals surface area (Å²) < 4.78 is 37.4. The molecule has 7 nitrogen and oxygen atoms in total. The van der Waals surface area contributed by atoms with Gasteiger partial charge < -0.3 is 14.8 Å². The number of nitrogens with one attached hydrogen (secondary N) is 1. The number of carbonyl (C=O) groups excluding carboxylic acids is 1. The van der Waals surface area contributed by atoms with Gasteiger partial charge in [0.15, 0.2) is 6.61 Å². The summed E-state index contributed by atoms with van der Waals surface area (Å²) in [5.74, 6) is -0.176. The van der Waals surface area contributed by atoms with Crippen molar-refractivity contribution in [1.29, 1.82) is 0 Å². The van der Waals surface area contributed by atoms with E-state index in [0.717, 1.165) is 0 Å². The number of morpholine rings is 1. The quantitative estimate of drug-likeness (QED) is 0.739. The van der Waals surface area contributed by atoms with Crippen molar-refractivity contribution in [3.8, 4) is 5.75 Å². The molecule has 1 amide bonds. The van der Waals surface area contributed by atoms with Crippen molar-refractivity contribution >= 4 is 44.8 Å². The van der Waals surface area contributed by atoms with Crippen molar-refractivity contribution in [2.45, 2.75) is 4.90 Å². The first-order valence-electron chi connectivity index (χ1n) is 8.42. The minimum Gasteiger partial charge on any atom is -0.482 e. The number of rotatable bonds is 6. The molecule has 0 unspecified atom stereocenters. The van der Waals surface area contributed by atoms with Gasteiger partial charge in [0.25, 0.3) is 5.91 Å². The molecular weight excluding hydrogens is 427 g/mol. The van der Waals surface area contributed by atoms with Crippen molar-refractivity contribution in [2.24, 2.45) is 0 Å². The van der Waals surface area contributed by atoms with E-state index in [1.165, 1.54) is 22.5 Å². The predicted molar refractivity (Wildman–Crippen MR) is 107 cm³/mol. The molecule has 0 saturated carbocycles. The summed E-state index contributed by atoms with van der Waals surface area (Å²) in [6.45, 7) is 1.01. The van der Waals surface area contributed by atoms with Crippen molar-refractivity contribution in [2.75, 3.05) is 38.2 Å². The Morgan fingerprint density at radius 2 is 1.89 bits per heavy atom. The standard InChI is InChI=1S/C18H18Cl2N2O5S/c19-13-4-5-16(20)17(10-13)27-12-18(23)21-14-2-1-3-15(11-14)28(24,25)22-6-8-26-9-7-22/h1-5,10-11H,6-9,12H2,(H,21,23). The third-order valence-electron chi connectivity index (χ3n) is 3.98. The number of hydrogen-bond acceptors (Lipinski definition) is 5. The highest BCUT2D eigenvalue weighted by Gasteiger charge is 2.26. The monoisotopic (exact) mass is 444 g/mol. The lowest BCUT2D eigenvalue weighted by atomic mass is 10.3. The minimum atomic E-state index is -3.65. The van der Waals surface area contributed by atoms with Gasteiger partial charge in [0, 0.05) is 29.9 Å². The molecule has 1 aliphatic heterocycles. The number of benzene rings is 2. The zero-order chi connectivity index (χ0) is 20.1. The number of nitrogens with zero attached hydrogens (tertiary/aromatic N) is 1. The number of ether oxygens (including phenoxy) is 2. The molecule has 3 rings (SSSR count). The van der Waals surface area contributed by atoms with Crippen LogP contribution in [0, 0.1) is 0 Å². The van der Waals surface area contributed by atoms with Crippen LogP contribution in [0.2, 0.25) is 10.0 Å². The van der Waals surface area contributed by atoms with Crippen molar-refractivity contribution in [3.05, 3.63) is 52.5 Å². The molecule has 2 aromatic rings. The highest BCUT2D eigenvalue weighted by Crippen LogP contribution is 2.27. The van der Waals surface area contributed by atoms with Gasteiger partial charge in [-0.25, -0.2) is 8.42 Å². The van der Waals surface area contributed by atoms with Crippen LogP contribution in [0.3, 0.4) is 0 Å². The molecular formula is C18H18Cl2N2O5S. The van der Waals surface area contributed by atoms with Gasteiger partial charge >= 0.3 is 0 Å². The van der Waals surface area contributed by atoms with Gasteiger partial charge in [0.2, 0.25) is 10.0 Å². The molecule has 0 radical (unpaired) electrons. The first kappa shape index (κ1) is 20.9. The number of halogens is 2. The normalized spacial score (nSPS) is 15.2. The van der Waals surface area contributed by atoms with E-state index in [1.807, 2.05) is 0 Å². The van der Waals surface area contributed by atoms with Crippen LogP contribution in [0.4, 0.5) is 5.69 Å². The maximum Gasteiger partial charge on any atom is 0.262 e. The average Bonchev–Trinajstić information content (AvgIpc) is 2.69. The average molecular weight is 445 g/mol. The summed E-state index contributed by atoms with van der Waals surface area (Å²) in [5, 5.41) is 3.37. The van der Waals surface area contributed by atoms with Crippen LogP contribution in [0.5, 0.6) is 5.75 Å². The molecule has 10 heteroatoms. The zero-order valence-electron chi connectivity index (χ0n) is 14.7. The summed E-state index contributed by atoms with van der Waals surface area (Å²) in [6.07, 6.45) is 0. The number of carbonyl (C=O) groups is 1. The maximum absolute atomic E-state index is 12.7. The number of amides is 1. The fourth-order valence-corrected chi connectivity index (χ4v) is 4.39. The van der Waals surface area contributed by atoms with Gasteiger partial charge in [0.1, 0.15) is 5.75 Å². The van der Waals surface area contributed by atoms with E-state index in [9.17, 15) is 13.2 Å². The van der Waals surface area contributed by atoms with Crippen LogP contribution in [0.1, 0.15) is 0 Å². The lowest BCUT2D eigenvalue weighted by Crippen LogP contribution is -2.40. The molecule has 0 aromatic heterocycles. The van der Waals surface area contributed by atoms with E-state index in [2.05, 4.69) is 5.32 Å². The summed E-state index contributed by atoms with van der Waals surface area (Å²) in [4.78, 5) is 12.3. The molecule has 1 N–H and O–H groups in total. The summed E-state index contributed by atoms with van der Waals surface area (Å²) in [5.41, 5.74) is 0.347. The minimum absolute atomic E-state index is 0.103. The zero-order valence-corrected chi connectivity index (χ0v) is 17.1. The van der Waals surface area contributed by atoms with Gasteiger partial charge in [0.05, 0.1) is 23.1 Å². The topological polar surface area (TPSA) is 84.9 Å². The van der Waals surface area contributed by atoms with E-state index < -0.39 is 15.9 Å². The molecule has 1 saturated heterocycles. The Labute approximate surface area is 173 Å². The fraction of sp³-hybridized carbons (Fsp3) is 0.278. The van der Waals surface area contributed by atoms with Crippen molar-refractivity contribution in [1.82, 2.24) is 4.31 Å². The lowest BCUT2D eigenvalue weighted by molar-refractivity contribution is -0.118. The summed E-state index contributed by atoms with van der Waals surface area (Å²) in [6, 6.07) is 10.7. The van der Waals surface area contributed by atoms with Crippen LogP contribution >= 0.6 is 23.2 Å². The Bertz CT molecular complexity index is 962. The maximum atomic E-state index is 12.7. The molecule has 0 spiro atoms. The summed E-state index contributed by atoms with van der Waals surface area (Å²) >= 11 is 11.9. The Morgan fingerprint density at radius 1 is 1.14 bits per heavy atom. The van der Waals surface area contributed by atoms with E-state index in [-0.39, 0.29) is 17.3 Å². The number of sulfonamides is 1. The van der Waals surface area contributed by atoms with Gasteiger partial charge in [-0.3, -0.25) is 4.79 Å². The fourth-order valence-electron chi connectivity index (χ4n) is 2.60. The first-order valence-corrected chi connectivity index (χ1v) is 10.6. The SMILES string of the molecule is O=C(COc1cc(Cl)ccc1Cl)Nc1cccc(S(=O)(=O)N2CCOCC2)c1. The predicted octanol–water partition coefficient (Wildman–Crippen LogP) is 3.03. The van der Waals surface area contributed by atoms with Crippen LogP contribution in [0.15, 0.2) is 47.4 Å². The molecule has 28 heavy (non-hydrogen) atoms. The largest absolute Gasteiger partial charge is 0.482 e. The Balaban J connectivity index is 1.65. The van der Waals surface area contributed by atoms with E-state index in [0.29, 0.717) is 42.0 Å². The first-order chi connectivity index (χ1) is 13.4. The van der Waals surface area contributed by atoms with Gasteiger partial charge in [-0.2, -0.15) is 4.31 Å². The molecule has 1 heterocycles. The van der Waals surface area contributed by atoms with Crippen molar-refractivity contribution < 1.29 is 22.7 Å². The van der Waals surface area contributed by atoms with Crippen LogP contribution < -0.4 is 10.1 Å². The second-order valence-corrected chi connectivity index (χ2v) is 8.74. The second kappa shape index (κ2) is 9.11.